The van der Waals surface area contributed by atoms with E-state index in [0.717, 1.165) is 61.3 Å². The van der Waals surface area contributed by atoms with Gasteiger partial charge in [-0.1, -0.05) is 111 Å². The second-order valence-electron chi connectivity index (χ2n) is 16.9. The van der Waals surface area contributed by atoms with Gasteiger partial charge in [0.25, 0.3) is 0 Å². The van der Waals surface area contributed by atoms with Crippen LogP contribution in [0.3, 0.4) is 0 Å². The summed E-state index contributed by atoms with van der Waals surface area (Å²) in [5, 5.41) is 3.08. The molecule has 4 unspecified atom stereocenters. The molecule has 1 N–H and O–H groups in total. The Morgan fingerprint density at radius 2 is 1.38 bits per heavy atom. The number of alkyl carbamates (subject to hydrolysis) is 1. The molecule has 0 aromatic carbocycles. The maximum absolute atomic E-state index is 12.7. The van der Waals surface area contributed by atoms with Crippen LogP contribution >= 0.6 is 0 Å². The average molecular weight is 626 g/mol. The Morgan fingerprint density at radius 1 is 0.756 bits per heavy atom. The molecule has 0 saturated heterocycles. The summed E-state index contributed by atoms with van der Waals surface area (Å²) in [6, 6.07) is 0. The van der Waals surface area contributed by atoms with Gasteiger partial charge >= 0.3 is 6.09 Å². The van der Waals surface area contributed by atoms with Crippen LogP contribution < -0.4 is 5.32 Å². The largest absolute Gasteiger partial charge is 0.446 e. The van der Waals surface area contributed by atoms with Crippen molar-refractivity contribution in [1.82, 2.24) is 5.32 Å². The number of amides is 1. The molecule has 4 rings (SSSR count). The molecule has 3 nitrogen and oxygen atoms in total. The van der Waals surface area contributed by atoms with E-state index < -0.39 is 0 Å². The van der Waals surface area contributed by atoms with Gasteiger partial charge in [-0.05, 0) is 136 Å². The van der Waals surface area contributed by atoms with Gasteiger partial charge < -0.3 is 10.1 Å². The Labute approximate surface area is 280 Å². The minimum atomic E-state index is -0.166. The predicted molar refractivity (Wildman–Crippen MR) is 192 cm³/mol. The van der Waals surface area contributed by atoms with Gasteiger partial charge in [0.1, 0.15) is 6.10 Å². The molecule has 260 valence electrons. The van der Waals surface area contributed by atoms with Crippen LogP contribution in [-0.2, 0) is 4.74 Å². The fraction of sp³-hybridized carbons (Fsp3) is 0.929. The highest BCUT2D eigenvalue weighted by atomic mass is 16.6. The van der Waals surface area contributed by atoms with Crippen molar-refractivity contribution in [3.8, 4) is 0 Å². The summed E-state index contributed by atoms with van der Waals surface area (Å²) >= 11 is 0. The third-order valence-corrected chi connectivity index (χ3v) is 14.3. The molecular weight excluding hydrogens is 550 g/mol. The van der Waals surface area contributed by atoms with Crippen LogP contribution in [0, 0.1) is 46.3 Å². The highest BCUT2D eigenvalue weighted by Crippen LogP contribution is 2.68. The topological polar surface area (TPSA) is 38.3 Å². The van der Waals surface area contributed by atoms with Crippen molar-refractivity contribution in [3.05, 3.63) is 12.2 Å². The van der Waals surface area contributed by atoms with Crippen molar-refractivity contribution in [3.63, 3.8) is 0 Å². The fourth-order valence-electron chi connectivity index (χ4n) is 11.3. The third-order valence-electron chi connectivity index (χ3n) is 14.3. The number of nitrogens with one attached hydrogen (secondary N) is 1. The summed E-state index contributed by atoms with van der Waals surface area (Å²) in [4.78, 5) is 12.7. The van der Waals surface area contributed by atoms with E-state index >= 15 is 0 Å². The minimum absolute atomic E-state index is 0.120. The molecule has 4 saturated carbocycles. The first-order valence-corrected chi connectivity index (χ1v) is 20.4. The smallest absolute Gasteiger partial charge is 0.407 e. The number of unbranched alkanes of at least 4 members (excludes halogenated alkanes) is 12. The summed E-state index contributed by atoms with van der Waals surface area (Å²) in [5.74, 6) is 5.34. The quantitative estimate of drug-likeness (QED) is 0.115. The van der Waals surface area contributed by atoms with E-state index in [2.05, 4.69) is 52.1 Å². The molecule has 9 atom stereocenters. The molecule has 0 radical (unpaired) electrons. The first-order valence-electron chi connectivity index (χ1n) is 20.4. The van der Waals surface area contributed by atoms with E-state index in [1.54, 1.807) is 0 Å². The molecule has 0 aromatic heterocycles. The lowest BCUT2D eigenvalue weighted by Crippen LogP contribution is -2.54. The first-order chi connectivity index (χ1) is 21.8. The Balaban J connectivity index is 1.04. The molecule has 0 spiro atoms. The van der Waals surface area contributed by atoms with E-state index in [0.29, 0.717) is 10.8 Å². The summed E-state index contributed by atoms with van der Waals surface area (Å²) in [6.45, 7) is 13.3. The number of hydrogen-bond donors (Lipinski definition) is 1. The van der Waals surface area contributed by atoms with Crippen molar-refractivity contribution in [2.45, 2.75) is 195 Å². The average Bonchev–Trinajstić information content (AvgIpc) is 3.39. The zero-order valence-corrected chi connectivity index (χ0v) is 30.7. The Kier molecular flexibility index (Phi) is 15.2. The van der Waals surface area contributed by atoms with Gasteiger partial charge in [-0.15, -0.1) is 0 Å². The van der Waals surface area contributed by atoms with Crippen molar-refractivity contribution in [2.24, 2.45) is 46.3 Å². The van der Waals surface area contributed by atoms with Crippen molar-refractivity contribution in [1.29, 1.82) is 0 Å². The number of carbonyl (C=O) groups excluding carboxylic acids is 1. The number of hydrogen-bond acceptors (Lipinski definition) is 2. The second-order valence-corrected chi connectivity index (χ2v) is 16.9. The van der Waals surface area contributed by atoms with Crippen LogP contribution in [0.5, 0.6) is 0 Å². The van der Waals surface area contributed by atoms with Crippen molar-refractivity contribution < 1.29 is 9.53 Å². The van der Waals surface area contributed by atoms with Gasteiger partial charge in [0.15, 0.2) is 0 Å². The Morgan fingerprint density at radius 3 is 2.07 bits per heavy atom. The number of allylic oxidation sites excluding steroid dienone is 2. The minimum Gasteiger partial charge on any atom is -0.446 e. The van der Waals surface area contributed by atoms with Gasteiger partial charge in [0.05, 0.1) is 0 Å². The van der Waals surface area contributed by atoms with Crippen LogP contribution in [0.25, 0.3) is 0 Å². The van der Waals surface area contributed by atoms with Crippen LogP contribution in [0.1, 0.15) is 189 Å². The molecule has 0 aliphatic heterocycles. The molecule has 0 aromatic rings. The van der Waals surface area contributed by atoms with Gasteiger partial charge in [0, 0.05) is 6.54 Å². The van der Waals surface area contributed by atoms with E-state index in [9.17, 15) is 4.79 Å². The lowest BCUT2D eigenvalue weighted by atomic mass is 9.44. The SMILES string of the molecule is CCCCCCCC/C=C\CCCCCCCCNC(=O)O[C@@H]1CC[C@@]2(C)C(CCC3C2CC[C@@]2(C)C3CC[C@@H]2[C@H](C)CC)C1. The Hall–Kier alpha value is -0.990. The highest BCUT2D eigenvalue weighted by molar-refractivity contribution is 5.67. The molecular formula is C42H75NO2. The van der Waals surface area contributed by atoms with E-state index in [1.165, 1.54) is 135 Å². The molecule has 0 bridgehead atoms. The normalized spacial score (nSPS) is 35.0. The molecule has 4 fully saturated rings. The monoisotopic (exact) mass is 626 g/mol. The van der Waals surface area contributed by atoms with E-state index in [-0.39, 0.29) is 12.2 Å². The molecule has 0 heterocycles. The van der Waals surface area contributed by atoms with E-state index in [1.807, 2.05) is 0 Å². The van der Waals surface area contributed by atoms with Crippen LogP contribution in [-0.4, -0.2) is 18.7 Å². The predicted octanol–water partition coefficient (Wildman–Crippen LogP) is 12.8. The van der Waals surface area contributed by atoms with Crippen molar-refractivity contribution in [2.75, 3.05) is 6.54 Å². The maximum atomic E-state index is 12.7. The molecule has 3 heteroatoms. The maximum Gasteiger partial charge on any atom is 0.407 e. The van der Waals surface area contributed by atoms with Gasteiger partial charge in [0.2, 0.25) is 0 Å². The highest BCUT2D eigenvalue weighted by Gasteiger charge is 2.60. The molecule has 1 amide bonds. The fourth-order valence-corrected chi connectivity index (χ4v) is 11.3. The summed E-state index contributed by atoms with van der Waals surface area (Å²) in [5.41, 5.74) is 1.04. The van der Waals surface area contributed by atoms with Crippen LogP contribution in [0.15, 0.2) is 12.2 Å². The Bertz CT molecular complexity index is 884. The number of carbonyl (C=O) groups is 1. The van der Waals surface area contributed by atoms with Gasteiger partial charge in [-0.2, -0.15) is 0 Å². The zero-order chi connectivity index (χ0) is 32.1. The molecule has 45 heavy (non-hydrogen) atoms. The summed E-state index contributed by atoms with van der Waals surface area (Å²) in [7, 11) is 0. The standard InChI is InChI=1S/C42H75NO2/c1-6-8-9-10-11-12-13-14-15-16-17-18-19-20-21-22-31-43-40(44)45-35-27-29-41(4)34(32-35)23-24-36-38-26-25-37(33(3)7-2)42(38,5)30-28-39(36)41/h14-15,33-39H,6-13,16-32H2,1-5H3,(H,43,44)/b15-14-/t33-,34?,35-,36?,37-,38?,39?,41+,42-/m1/s1. The molecule has 4 aliphatic rings. The first kappa shape index (κ1) is 36.8. The lowest BCUT2D eigenvalue weighted by molar-refractivity contribution is -0.129. The van der Waals surface area contributed by atoms with E-state index in [4.69, 9.17) is 4.74 Å². The van der Waals surface area contributed by atoms with Gasteiger partial charge in [-0.25, -0.2) is 4.79 Å². The summed E-state index contributed by atoms with van der Waals surface area (Å²) < 4.78 is 6.03. The van der Waals surface area contributed by atoms with Crippen molar-refractivity contribution >= 4 is 6.09 Å². The molecule has 4 aliphatic carbocycles. The second kappa shape index (κ2) is 18.5. The number of fused-ring (bicyclic) bond motifs is 5. The van der Waals surface area contributed by atoms with Gasteiger partial charge in [-0.3, -0.25) is 0 Å². The number of rotatable bonds is 19. The third kappa shape index (κ3) is 9.78. The number of ether oxygens (including phenoxy) is 1. The van der Waals surface area contributed by atoms with Crippen LogP contribution in [0.2, 0.25) is 0 Å². The van der Waals surface area contributed by atoms with Crippen LogP contribution in [0.4, 0.5) is 4.79 Å². The summed E-state index contributed by atoms with van der Waals surface area (Å²) in [6.07, 6.45) is 36.5. The lowest BCUT2D eigenvalue weighted by Gasteiger charge is -2.61. The zero-order valence-electron chi connectivity index (χ0n) is 30.7.